The van der Waals surface area contributed by atoms with Crippen LogP contribution in [0.2, 0.25) is 0 Å². The lowest BCUT2D eigenvalue weighted by atomic mass is 9.97. The van der Waals surface area contributed by atoms with E-state index in [2.05, 4.69) is 24.7 Å². The topological polar surface area (TPSA) is 32.7 Å². The van der Waals surface area contributed by atoms with Gasteiger partial charge in [-0.2, -0.15) is 0 Å². The van der Waals surface area contributed by atoms with Crippen LogP contribution in [0.15, 0.2) is 0 Å². The molecular formula is C16H29NO2. The molecular weight excluding hydrogens is 238 g/mol. The van der Waals surface area contributed by atoms with Gasteiger partial charge in [0.25, 0.3) is 0 Å². The zero-order chi connectivity index (χ0) is 14.5. The van der Waals surface area contributed by atoms with Gasteiger partial charge in [-0.05, 0) is 40.5 Å². The van der Waals surface area contributed by atoms with Crippen LogP contribution in [0.1, 0.15) is 53.4 Å². The molecule has 0 spiro atoms. The number of aliphatic hydroxyl groups is 1. The van der Waals surface area contributed by atoms with Crippen molar-refractivity contribution in [3.8, 4) is 12.3 Å². The van der Waals surface area contributed by atoms with Gasteiger partial charge in [0.15, 0.2) is 0 Å². The van der Waals surface area contributed by atoms with Gasteiger partial charge in [0.1, 0.15) is 0 Å². The summed E-state index contributed by atoms with van der Waals surface area (Å²) in [6, 6.07) is 1.11. The van der Waals surface area contributed by atoms with Crippen LogP contribution in [-0.2, 0) is 4.74 Å². The van der Waals surface area contributed by atoms with E-state index in [4.69, 9.17) is 11.2 Å². The minimum absolute atomic E-state index is 0.352. The summed E-state index contributed by atoms with van der Waals surface area (Å²) >= 11 is 0. The molecule has 1 N–H and O–H groups in total. The van der Waals surface area contributed by atoms with Crippen LogP contribution in [0.4, 0.5) is 0 Å². The zero-order valence-corrected chi connectivity index (χ0v) is 12.9. The summed E-state index contributed by atoms with van der Waals surface area (Å²) in [5.74, 6) is 2.61. The fraction of sp³-hybridized carbons (Fsp3) is 0.875. The molecule has 1 rings (SSSR count). The summed E-state index contributed by atoms with van der Waals surface area (Å²) in [5.41, 5.74) is -0.352. The number of terminal acetylenes is 1. The lowest BCUT2D eigenvalue weighted by Crippen LogP contribution is -2.48. The monoisotopic (exact) mass is 267 g/mol. The molecule has 1 heterocycles. The van der Waals surface area contributed by atoms with Crippen molar-refractivity contribution in [3.63, 3.8) is 0 Å². The van der Waals surface area contributed by atoms with Gasteiger partial charge in [0.05, 0.1) is 18.3 Å². The van der Waals surface area contributed by atoms with Crippen molar-refractivity contribution in [3.05, 3.63) is 0 Å². The highest BCUT2D eigenvalue weighted by Crippen LogP contribution is 2.23. The van der Waals surface area contributed by atoms with Gasteiger partial charge in [0.2, 0.25) is 0 Å². The van der Waals surface area contributed by atoms with Gasteiger partial charge in [-0.1, -0.05) is 6.42 Å². The molecule has 0 aromatic heterocycles. The fourth-order valence-corrected chi connectivity index (χ4v) is 2.75. The first-order valence-corrected chi connectivity index (χ1v) is 7.37. The quantitative estimate of drug-likeness (QED) is 0.750. The first-order valence-electron chi connectivity index (χ1n) is 7.37. The Balaban J connectivity index is 2.38. The molecule has 1 saturated heterocycles. The van der Waals surface area contributed by atoms with Crippen LogP contribution in [0, 0.1) is 12.3 Å². The lowest BCUT2D eigenvalue weighted by molar-refractivity contribution is -0.0705. The Bertz CT molecular complexity index is 298. The van der Waals surface area contributed by atoms with Crippen LogP contribution in [0.5, 0.6) is 0 Å². The van der Waals surface area contributed by atoms with Crippen LogP contribution >= 0.6 is 0 Å². The maximum Gasteiger partial charge on any atom is 0.0900 e. The summed E-state index contributed by atoms with van der Waals surface area (Å²) in [6.45, 7) is 9.45. The highest BCUT2D eigenvalue weighted by molar-refractivity contribution is 4.92. The molecule has 0 bridgehead atoms. The van der Waals surface area contributed by atoms with E-state index in [0.717, 1.165) is 0 Å². The first-order chi connectivity index (χ1) is 8.85. The number of piperidine rings is 1. The van der Waals surface area contributed by atoms with E-state index in [1.165, 1.54) is 19.3 Å². The number of nitrogens with zero attached hydrogens (tertiary/aromatic N) is 1. The Kier molecular flexibility index (Phi) is 6.32. The van der Waals surface area contributed by atoms with Crippen molar-refractivity contribution in [2.24, 2.45) is 0 Å². The molecule has 0 saturated carbocycles. The molecule has 3 atom stereocenters. The summed E-state index contributed by atoms with van der Waals surface area (Å²) in [4.78, 5) is 2.39. The highest BCUT2D eigenvalue weighted by atomic mass is 16.5. The van der Waals surface area contributed by atoms with Crippen LogP contribution in [0.3, 0.4) is 0 Å². The standard InChI is InChI=1S/C16H29NO2/c1-6-10-16(4,5)19-12-15(18)11-17-13(2)8-7-9-14(17)3/h1,13-15,18H,7-12H2,2-5H3/t13-,14-,15+/m1/s1. The molecule has 110 valence electrons. The Morgan fingerprint density at radius 2 is 1.95 bits per heavy atom. The predicted molar refractivity (Wildman–Crippen MR) is 79.0 cm³/mol. The van der Waals surface area contributed by atoms with E-state index in [-0.39, 0.29) is 5.60 Å². The molecule has 1 fully saturated rings. The maximum atomic E-state index is 10.2. The average molecular weight is 267 g/mol. The van der Waals surface area contributed by atoms with Gasteiger partial charge < -0.3 is 9.84 Å². The molecule has 3 nitrogen and oxygen atoms in total. The van der Waals surface area contributed by atoms with Gasteiger partial charge >= 0.3 is 0 Å². The molecule has 1 aliphatic heterocycles. The van der Waals surface area contributed by atoms with E-state index >= 15 is 0 Å². The van der Waals surface area contributed by atoms with Crippen molar-refractivity contribution >= 4 is 0 Å². The molecule has 0 unspecified atom stereocenters. The number of likely N-dealkylation sites (tertiary alicyclic amines) is 1. The fourth-order valence-electron chi connectivity index (χ4n) is 2.75. The van der Waals surface area contributed by atoms with Gasteiger partial charge in [-0.25, -0.2) is 0 Å². The van der Waals surface area contributed by atoms with E-state index in [1.807, 2.05) is 13.8 Å². The van der Waals surface area contributed by atoms with Crippen LogP contribution in [-0.4, -0.2) is 46.9 Å². The molecule has 1 aliphatic rings. The second-order valence-electron chi connectivity index (χ2n) is 6.43. The zero-order valence-electron chi connectivity index (χ0n) is 12.9. The van der Waals surface area contributed by atoms with Crippen molar-refractivity contribution in [1.82, 2.24) is 4.90 Å². The molecule has 19 heavy (non-hydrogen) atoms. The maximum absolute atomic E-state index is 10.2. The Labute approximate surface area is 118 Å². The number of β-amino-alcohol motifs (C(OH)–C–C–N with tert-alkyl or cyclic N) is 1. The Morgan fingerprint density at radius 3 is 2.47 bits per heavy atom. The molecule has 0 radical (unpaired) electrons. The van der Waals surface area contributed by atoms with E-state index in [1.54, 1.807) is 0 Å². The number of hydrogen-bond acceptors (Lipinski definition) is 3. The third-order valence-corrected chi connectivity index (χ3v) is 3.99. The summed E-state index contributed by atoms with van der Waals surface area (Å²) < 4.78 is 5.72. The van der Waals surface area contributed by atoms with Crippen molar-refractivity contribution in [2.75, 3.05) is 13.2 Å². The first kappa shape index (κ1) is 16.5. The van der Waals surface area contributed by atoms with Gasteiger partial charge in [-0.15, -0.1) is 12.3 Å². The van der Waals surface area contributed by atoms with E-state index < -0.39 is 6.10 Å². The SMILES string of the molecule is C#CCC(C)(C)OC[C@@H](O)CN1[C@H](C)CCC[C@H]1C. The van der Waals surface area contributed by atoms with Crippen molar-refractivity contribution in [2.45, 2.75) is 77.2 Å². The minimum atomic E-state index is -0.444. The lowest BCUT2D eigenvalue weighted by Gasteiger charge is -2.40. The van der Waals surface area contributed by atoms with Crippen molar-refractivity contribution in [1.29, 1.82) is 0 Å². The highest BCUT2D eigenvalue weighted by Gasteiger charge is 2.27. The summed E-state index contributed by atoms with van der Waals surface area (Å²) in [6.07, 6.45) is 9.17. The predicted octanol–water partition coefficient (Wildman–Crippen LogP) is 2.43. The third-order valence-electron chi connectivity index (χ3n) is 3.99. The van der Waals surface area contributed by atoms with Crippen LogP contribution < -0.4 is 0 Å². The number of hydrogen-bond donors (Lipinski definition) is 1. The summed E-state index contributed by atoms with van der Waals surface area (Å²) in [7, 11) is 0. The largest absolute Gasteiger partial charge is 0.389 e. The van der Waals surface area contributed by atoms with Crippen molar-refractivity contribution < 1.29 is 9.84 Å². The van der Waals surface area contributed by atoms with E-state index in [0.29, 0.717) is 31.7 Å². The number of ether oxygens (including phenoxy) is 1. The molecule has 0 aliphatic carbocycles. The molecule has 0 aromatic carbocycles. The van der Waals surface area contributed by atoms with Gasteiger partial charge in [-0.3, -0.25) is 4.90 Å². The number of rotatable bonds is 6. The normalized spacial score (nSPS) is 26.9. The molecule has 0 amide bonds. The Hall–Kier alpha value is -0.560. The third kappa shape index (κ3) is 5.52. The molecule has 3 heteroatoms. The Morgan fingerprint density at radius 1 is 1.37 bits per heavy atom. The van der Waals surface area contributed by atoms with E-state index in [9.17, 15) is 5.11 Å². The smallest absolute Gasteiger partial charge is 0.0900 e. The van der Waals surface area contributed by atoms with Gasteiger partial charge in [0, 0.05) is 25.0 Å². The number of aliphatic hydroxyl groups excluding tert-OH is 1. The average Bonchev–Trinajstić information content (AvgIpc) is 2.32. The second-order valence-corrected chi connectivity index (χ2v) is 6.43. The van der Waals surface area contributed by atoms with Crippen LogP contribution in [0.25, 0.3) is 0 Å². The second kappa shape index (κ2) is 7.28. The molecule has 0 aromatic rings. The summed E-state index contributed by atoms with van der Waals surface area (Å²) in [5, 5.41) is 10.2. The minimum Gasteiger partial charge on any atom is -0.389 e.